The number of thiazole rings is 1. The lowest BCUT2D eigenvalue weighted by Crippen LogP contribution is -2.40. The van der Waals surface area contributed by atoms with Crippen molar-refractivity contribution < 1.29 is 9.53 Å². The molecule has 0 N–H and O–H groups in total. The molecule has 0 unspecified atom stereocenters. The van der Waals surface area contributed by atoms with Gasteiger partial charge in [0.25, 0.3) is 5.56 Å². The van der Waals surface area contributed by atoms with E-state index in [0.717, 1.165) is 33.8 Å². The van der Waals surface area contributed by atoms with Crippen LogP contribution in [0, 0.1) is 13.8 Å². The Bertz CT molecular complexity index is 1950. The number of esters is 1. The molecule has 6 nitrogen and oxygen atoms in total. The van der Waals surface area contributed by atoms with Crippen LogP contribution >= 0.6 is 11.3 Å². The van der Waals surface area contributed by atoms with Gasteiger partial charge in [0.1, 0.15) is 0 Å². The Morgan fingerprint density at radius 3 is 2.24 bits per heavy atom. The van der Waals surface area contributed by atoms with Crippen molar-refractivity contribution in [3.05, 3.63) is 150 Å². The number of carbonyl (C=O) groups excluding carboxylic acids is 1. The summed E-state index contributed by atoms with van der Waals surface area (Å²) in [4.78, 5) is 33.2. The van der Waals surface area contributed by atoms with Crippen molar-refractivity contribution in [1.29, 1.82) is 0 Å². The molecule has 204 valence electrons. The van der Waals surface area contributed by atoms with Crippen LogP contribution in [0.15, 0.2) is 112 Å². The highest BCUT2D eigenvalue weighted by atomic mass is 32.1. The van der Waals surface area contributed by atoms with Gasteiger partial charge in [-0.2, -0.15) is 0 Å². The van der Waals surface area contributed by atoms with Crippen molar-refractivity contribution in [3.8, 4) is 5.69 Å². The molecular formula is C34H29N3O3S. The molecular weight excluding hydrogens is 530 g/mol. The second kappa shape index (κ2) is 11.0. The first-order valence-corrected chi connectivity index (χ1v) is 14.4. The van der Waals surface area contributed by atoms with E-state index in [1.807, 2.05) is 84.9 Å². The minimum absolute atomic E-state index is 0.193. The third-order valence-corrected chi connectivity index (χ3v) is 8.24. The molecule has 7 heteroatoms. The number of benzene rings is 3. The van der Waals surface area contributed by atoms with Gasteiger partial charge >= 0.3 is 5.97 Å². The van der Waals surface area contributed by atoms with E-state index in [1.54, 1.807) is 11.5 Å². The van der Waals surface area contributed by atoms with E-state index in [2.05, 4.69) is 36.6 Å². The van der Waals surface area contributed by atoms with Crippen LogP contribution in [0.2, 0.25) is 0 Å². The summed E-state index contributed by atoms with van der Waals surface area (Å²) >= 11 is 1.33. The molecule has 6 rings (SSSR count). The zero-order chi connectivity index (χ0) is 28.5. The molecule has 5 aromatic rings. The van der Waals surface area contributed by atoms with Gasteiger partial charge in [-0.25, -0.2) is 9.79 Å². The van der Waals surface area contributed by atoms with Gasteiger partial charge in [-0.15, -0.1) is 0 Å². The molecule has 3 aromatic carbocycles. The van der Waals surface area contributed by atoms with Crippen LogP contribution in [0.3, 0.4) is 0 Å². The van der Waals surface area contributed by atoms with Gasteiger partial charge in [0.05, 0.1) is 28.5 Å². The third kappa shape index (κ3) is 4.78. The van der Waals surface area contributed by atoms with Crippen LogP contribution in [-0.2, 0) is 9.53 Å². The minimum atomic E-state index is -0.680. The first kappa shape index (κ1) is 26.5. The number of fused-ring (bicyclic) bond motifs is 1. The number of carbonyl (C=O) groups is 1. The fraction of sp³-hybridized carbons (Fsp3) is 0.147. The predicted octanol–water partition coefficient (Wildman–Crippen LogP) is 5.34. The largest absolute Gasteiger partial charge is 0.463 e. The van der Waals surface area contributed by atoms with Crippen molar-refractivity contribution in [2.24, 2.45) is 4.99 Å². The molecule has 0 bridgehead atoms. The molecule has 41 heavy (non-hydrogen) atoms. The Kier molecular flexibility index (Phi) is 7.12. The third-order valence-electron chi connectivity index (χ3n) is 7.26. The molecule has 2 aromatic heterocycles. The summed E-state index contributed by atoms with van der Waals surface area (Å²) in [5.41, 5.74) is 6.43. The highest BCUT2D eigenvalue weighted by Gasteiger charge is 2.35. The van der Waals surface area contributed by atoms with Gasteiger partial charge in [-0.1, -0.05) is 90.2 Å². The number of hydrogen-bond acceptors (Lipinski definition) is 5. The summed E-state index contributed by atoms with van der Waals surface area (Å²) in [6.45, 7) is 6.11. The van der Waals surface area contributed by atoms with E-state index < -0.39 is 12.0 Å². The van der Waals surface area contributed by atoms with Crippen LogP contribution < -0.4 is 14.9 Å². The summed E-state index contributed by atoms with van der Waals surface area (Å²) in [5, 5.41) is 0. The Labute approximate surface area is 241 Å². The van der Waals surface area contributed by atoms with Crippen molar-refractivity contribution in [3.63, 3.8) is 0 Å². The first-order valence-electron chi connectivity index (χ1n) is 13.6. The maximum Gasteiger partial charge on any atom is 0.338 e. The number of para-hydroxylation sites is 1. The molecule has 0 radical (unpaired) electrons. The fourth-order valence-corrected chi connectivity index (χ4v) is 6.43. The van der Waals surface area contributed by atoms with E-state index >= 15 is 0 Å². The molecule has 1 aliphatic rings. The Hall–Kier alpha value is -4.75. The first-order chi connectivity index (χ1) is 20.0. The standard InChI is InChI=1S/C34H29N3O3S/c1-4-40-33(39)29-30(24-14-8-5-9-15-24)35-34-37(31(29)25-16-10-6-11-17-25)32(38)28(41-34)21-26-20-22(2)36(23(26)3)27-18-12-7-13-19-27/h5-21,31H,4H2,1-3H3/b28-21-/t31-/m0/s1. The smallest absolute Gasteiger partial charge is 0.338 e. The Balaban J connectivity index is 1.60. The molecule has 0 spiro atoms. The number of hydrogen-bond donors (Lipinski definition) is 0. The molecule has 1 aliphatic heterocycles. The topological polar surface area (TPSA) is 65.6 Å². The van der Waals surface area contributed by atoms with Gasteiger partial charge in [-0.3, -0.25) is 9.36 Å². The van der Waals surface area contributed by atoms with Gasteiger partial charge < -0.3 is 9.30 Å². The Morgan fingerprint density at radius 1 is 0.951 bits per heavy atom. The second-order valence-corrected chi connectivity index (χ2v) is 10.8. The van der Waals surface area contributed by atoms with Crippen molar-refractivity contribution in [1.82, 2.24) is 9.13 Å². The van der Waals surface area contributed by atoms with E-state index in [9.17, 15) is 9.59 Å². The summed E-state index contributed by atoms with van der Waals surface area (Å²) in [6, 6.07) is 30.8. The van der Waals surface area contributed by atoms with Crippen LogP contribution in [0.4, 0.5) is 0 Å². The monoisotopic (exact) mass is 559 g/mol. The molecule has 0 fully saturated rings. The average Bonchev–Trinajstić information content (AvgIpc) is 3.47. The number of rotatable bonds is 6. The lowest BCUT2D eigenvalue weighted by atomic mass is 9.93. The fourth-order valence-electron chi connectivity index (χ4n) is 5.44. The normalized spacial score (nSPS) is 15.0. The molecule has 0 saturated heterocycles. The quantitative estimate of drug-likeness (QED) is 0.264. The van der Waals surface area contributed by atoms with E-state index in [1.165, 1.54) is 11.3 Å². The SMILES string of the molecule is CCOC(=O)C1=C(c2ccccc2)N=c2s/c(=C\c3cc(C)n(-c4ccccc4)c3C)c(=O)n2[C@H]1c1ccccc1. The highest BCUT2D eigenvalue weighted by molar-refractivity contribution is 7.07. The zero-order valence-electron chi connectivity index (χ0n) is 23.1. The maximum atomic E-state index is 14.1. The summed E-state index contributed by atoms with van der Waals surface area (Å²) in [7, 11) is 0. The van der Waals surface area contributed by atoms with Crippen molar-refractivity contribution in [2.45, 2.75) is 26.8 Å². The highest BCUT2D eigenvalue weighted by Crippen LogP contribution is 2.35. The van der Waals surface area contributed by atoms with Gasteiger partial charge in [0.15, 0.2) is 4.80 Å². The van der Waals surface area contributed by atoms with Crippen LogP contribution in [0.5, 0.6) is 0 Å². The van der Waals surface area contributed by atoms with Crippen molar-refractivity contribution >= 4 is 29.1 Å². The molecule has 0 saturated carbocycles. The molecule has 0 amide bonds. The molecule has 3 heterocycles. The number of nitrogens with zero attached hydrogens (tertiary/aromatic N) is 3. The number of aryl methyl sites for hydroxylation is 1. The lowest BCUT2D eigenvalue weighted by molar-refractivity contribution is -0.138. The van der Waals surface area contributed by atoms with Gasteiger partial charge in [0, 0.05) is 22.6 Å². The van der Waals surface area contributed by atoms with E-state index in [0.29, 0.717) is 20.6 Å². The second-order valence-electron chi connectivity index (χ2n) is 9.84. The number of ether oxygens (including phenoxy) is 1. The van der Waals surface area contributed by atoms with Crippen LogP contribution in [0.25, 0.3) is 17.5 Å². The van der Waals surface area contributed by atoms with Crippen molar-refractivity contribution in [2.75, 3.05) is 6.61 Å². The van der Waals surface area contributed by atoms with E-state index in [4.69, 9.17) is 9.73 Å². The van der Waals surface area contributed by atoms with E-state index in [-0.39, 0.29) is 12.2 Å². The molecule has 1 atom stereocenters. The summed E-state index contributed by atoms with van der Waals surface area (Å²) in [5.74, 6) is -0.482. The van der Waals surface area contributed by atoms with Gasteiger partial charge in [0.2, 0.25) is 0 Å². The Morgan fingerprint density at radius 2 is 1.59 bits per heavy atom. The van der Waals surface area contributed by atoms with Gasteiger partial charge in [-0.05, 0) is 56.2 Å². The summed E-state index contributed by atoms with van der Waals surface area (Å²) in [6.07, 6.45) is 1.93. The maximum absolute atomic E-state index is 14.1. The number of aromatic nitrogens is 2. The predicted molar refractivity (Wildman–Crippen MR) is 163 cm³/mol. The minimum Gasteiger partial charge on any atom is -0.463 e. The summed E-state index contributed by atoms with van der Waals surface area (Å²) < 4.78 is 9.91. The van der Waals surface area contributed by atoms with Crippen LogP contribution in [0.1, 0.15) is 41.0 Å². The molecule has 0 aliphatic carbocycles. The van der Waals surface area contributed by atoms with Crippen LogP contribution in [-0.4, -0.2) is 21.7 Å². The lowest BCUT2D eigenvalue weighted by Gasteiger charge is -2.25. The average molecular weight is 560 g/mol. The zero-order valence-corrected chi connectivity index (χ0v) is 23.9.